The van der Waals surface area contributed by atoms with Gasteiger partial charge in [-0.3, -0.25) is 19.5 Å². The fraction of sp³-hybridized carbons (Fsp3) is 0.111. The van der Waals surface area contributed by atoms with Gasteiger partial charge in [-0.05, 0) is 58.5 Å². The predicted molar refractivity (Wildman–Crippen MR) is 143 cm³/mol. The number of rotatable bonds is 8. The van der Waals surface area contributed by atoms with Gasteiger partial charge in [-0.15, -0.1) is 11.3 Å². The van der Waals surface area contributed by atoms with Crippen molar-refractivity contribution in [2.24, 2.45) is 0 Å². The average molecular weight is 516 g/mol. The van der Waals surface area contributed by atoms with Crippen molar-refractivity contribution in [3.8, 4) is 10.4 Å². The van der Waals surface area contributed by atoms with E-state index in [4.69, 9.17) is 5.73 Å². The Hall–Kier alpha value is -4.70. The van der Waals surface area contributed by atoms with Crippen LogP contribution in [-0.2, 0) is 11.3 Å². The van der Waals surface area contributed by atoms with E-state index >= 15 is 0 Å². The predicted octanol–water partition coefficient (Wildman–Crippen LogP) is 4.61. The summed E-state index contributed by atoms with van der Waals surface area (Å²) in [5.41, 5.74) is 9.31. The highest BCUT2D eigenvalue weighted by Gasteiger charge is 2.31. The Bertz CT molecular complexity index is 1390. The fourth-order valence-electron chi connectivity index (χ4n) is 3.84. The minimum atomic E-state index is -1.26. The number of likely N-dealkylation sites (N-methyl/N-ethyl adjacent to an activating group) is 1. The van der Waals surface area contributed by atoms with Crippen LogP contribution in [0.3, 0.4) is 0 Å². The number of carbonyl (C=O) groups excluding carboxylic acids is 2. The van der Waals surface area contributed by atoms with E-state index < -0.39 is 18.0 Å². The van der Waals surface area contributed by atoms with Crippen LogP contribution in [0.2, 0.25) is 0 Å². The molecule has 0 aliphatic carbocycles. The van der Waals surface area contributed by atoms with Gasteiger partial charge in [0.15, 0.2) is 0 Å². The molecule has 0 spiro atoms. The van der Waals surface area contributed by atoms with E-state index in [0.29, 0.717) is 28.1 Å². The lowest BCUT2D eigenvalue weighted by molar-refractivity contribution is -0.125. The summed E-state index contributed by atoms with van der Waals surface area (Å²) in [5.74, 6) is -0.884. The molecule has 2 aromatic heterocycles. The Morgan fingerprint density at radius 1 is 1.08 bits per heavy atom. The van der Waals surface area contributed by atoms with Crippen LogP contribution in [0.25, 0.3) is 10.4 Å². The smallest absolute Gasteiger partial charge is 0.408 e. The van der Waals surface area contributed by atoms with Crippen LogP contribution in [0.4, 0.5) is 16.2 Å². The molecule has 9 nitrogen and oxygen atoms in total. The third kappa shape index (κ3) is 5.93. The number of benzene rings is 2. The molecular weight excluding hydrogens is 490 g/mol. The molecule has 10 heteroatoms. The van der Waals surface area contributed by atoms with E-state index in [1.165, 1.54) is 7.05 Å². The maximum Gasteiger partial charge on any atom is 0.408 e. The van der Waals surface area contributed by atoms with Crippen LogP contribution >= 0.6 is 11.3 Å². The van der Waals surface area contributed by atoms with Gasteiger partial charge < -0.3 is 21.5 Å². The van der Waals surface area contributed by atoms with Gasteiger partial charge in [0.05, 0.1) is 17.9 Å². The van der Waals surface area contributed by atoms with E-state index in [-0.39, 0.29) is 12.5 Å². The summed E-state index contributed by atoms with van der Waals surface area (Å²) in [6.45, 7) is -0.0383. The van der Waals surface area contributed by atoms with Gasteiger partial charge in [0.1, 0.15) is 6.04 Å². The highest BCUT2D eigenvalue weighted by molar-refractivity contribution is 7.13. The van der Waals surface area contributed by atoms with Gasteiger partial charge in [0.25, 0.3) is 5.91 Å². The summed E-state index contributed by atoms with van der Waals surface area (Å²) >= 11 is 1.58. The number of aromatic nitrogens is 1. The molecule has 37 heavy (non-hydrogen) atoms. The van der Waals surface area contributed by atoms with Crippen molar-refractivity contribution in [3.63, 3.8) is 0 Å². The van der Waals surface area contributed by atoms with Crippen LogP contribution in [0.1, 0.15) is 27.5 Å². The number of carbonyl (C=O) groups is 3. The Balaban J connectivity index is 1.56. The Labute approximate surface area is 217 Å². The fourth-order valence-corrected chi connectivity index (χ4v) is 4.56. The van der Waals surface area contributed by atoms with Gasteiger partial charge in [0, 0.05) is 29.9 Å². The number of anilines is 2. The first kappa shape index (κ1) is 25.4. The second-order valence-electron chi connectivity index (χ2n) is 8.14. The highest BCUT2D eigenvalue weighted by atomic mass is 32.1. The zero-order valence-corrected chi connectivity index (χ0v) is 20.7. The first-order valence-electron chi connectivity index (χ1n) is 11.3. The first-order chi connectivity index (χ1) is 17.9. The first-order valence-corrected chi connectivity index (χ1v) is 12.2. The molecule has 0 aliphatic rings. The SMILES string of the molecule is CNC(=O)C(c1ccc(C(=O)Nc2cc(-c3cccs3)ccc2N)cc1)N(Cc1cccnc1)C(=O)O. The van der Waals surface area contributed by atoms with Crippen LogP contribution in [-0.4, -0.2) is 39.9 Å². The average Bonchev–Trinajstić information content (AvgIpc) is 3.45. The minimum absolute atomic E-state index is 0.0383. The highest BCUT2D eigenvalue weighted by Crippen LogP contribution is 2.31. The number of nitrogens with two attached hydrogens (primary N) is 1. The molecule has 1 unspecified atom stereocenters. The summed E-state index contributed by atoms with van der Waals surface area (Å²) in [5, 5.41) is 17.2. The molecule has 0 bridgehead atoms. The summed E-state index contributed by atoms with van der Waals surface area (Å²) in [6.07, 6.45) is 1.87. The molecule has 2 aromatic carbocycles. The molecule has 1 atom stereocenters. The molecule has 0 aliphatic heterocycles. The number of hydrogen-bond acceptors (Lipinski definition) is 6. The topological polar surface area (TPSA) is 138 Å². The number of hydrogen-bond donors (Lipinski definition) is 4. The van der Waals surface area contributed by atoms with Crippen LogP contribution in [0.15, 0.2) is 84.5 Å². The standard InChI is InChI=1S/C27H25N5O4S/c1-29-26(34)24(32(27(35)36)16-17-4-2-12-30-15-17)18-6-8-19(9-7-18)25(33)31-22-14-20(10-11-21(22)28)23-5-3-13-37-23/h2-15,24H,16,28H2,1H3,(H,29,34)(H,31,33)(H,35,36). The Kier molecular flexibility index (Phi) is 7.80. The monoisotopic (exact) mass is 515 g/mol. The number of amides is 3. The van der Waals surface area contributed by atoms with Crippen molar-refractivity contribution in [2.75, 3.05) is 18.1 Å². The van der Waals surface area contributed by atoms with Crippen molar-refractivity contribution in [2.45, 2.75) is 12.6 Å². The van der Waals surface area contributed by atoms with Crippen molar-refractivity contribution < 1.29 is 19.5 Å². The van der Waals surface area contributed by atoms with Gasteiger partial charge in [0.2, 0.25) is 5.91 Å². The molecule has 5 N–H and O–H groups in total. The lowest BCUT2D eigenvalue weighted by Gasteiger charge is -2.28. The summed E-state index contributed by atoms with van der Waals surface area (Å²) in [6, 6.07) is 17.9. The summed E-state index contributed by atoms with van der Waals surface area (Å²) < 4.78 is 0. The summed E-state index contributed by atoms with van der Waals surface area (Å²) in [4.78, 5) is 43.9. The van der Waals surface area contributed by atoms with E-state index in [0.717, 1.165) is 15.3 Å². The van der Waals surface area contributed by atoms with E-state index in [1.54, 1.807) is 66.2 Å². The second kappa shape index (κ2) is 11.4. The minimum Gasteiger partial charge on any atom is -0.465 e. The van der Waals surface area contributed by atoms with Gasteiger partial charge >= 0.3 is 6.09 Å². The van der Waals surface area contributed by atoms with E-state index in [9.17, 15) is 19.5 Å². The number of nitrogen functional groups attached to an aromatic ring is 1. The molecule has 0 saturated heterocycles. The van der Waals surface area contributed by atoms with Crippen molar-refractivity contribution in [3.05, 3.63) is 101 Å². The molecular formula is C27H25N5O4S. The lowest BCUT2D eigenvalue weighted by atomic mass is 10.0. The van der Waals surface area contributed by atoms with Crippen molar-refractivity contribution >= 4 is 40.6 Å². The van der Waals surface area contributed by atoms with Crippen LogP contribution in [0, 0.1) is 0 Å². The molecule has 188 valence electrons. The molecule has 0 fully saturated rings. The van der Waals surface area contributed by atoms with Crippen molar-refractivity contribution in [1.82, 2.24) is 15.2 Å². The lowest BCUT2D eigenvalue weighted by Crippen LogP contribution is -2.41. The second-order valence-corrected chi connectivity index (χ2v) is 9.09. The van der Waals surface area contributed by atoms with Gasteiger partial charge in [-0.1, -0.05) is 30.3 Å². The summed E-state index contributed by atoms with van der Waals surface area (Å²) in [7, 11) is 1.44. The van der Waals surface area contributed by atoms with Crippen LogP contribution < -0.4 is 16.4 Å². The number of thiophene rings is 1. The van der Waals surface area contributed by atoms with E-state index in [1.807, 2.05) is 29.6 Å². The normalized spacial score (nSPS) is 11.4. The third-order valence-electron chi connectivity index (χ3n) is 5.72. The van der Waals surface area contributed by atoms with E-state index in [2.05, 4.69) is 15.6 Å². The Morgan fingerprint density at radius 2 is 1.86 bits per heavy atom. The number of pyridine rings is 1. The molecule has 0 radical (unpaired) electrons. The zero-order valence-electron chi connectivity index (χ0n) is 19.9. The number of nitrogens with one attached hydrogen (secondary N) is 2. The maximum absolute atomic E-state index is 13.0. The van der Waals surface area contributed by atoms with Crippen LogP contribution in [0.5, 0.6) is 0 Å². The van der Waals surface area contributed by atoms with Gasteiger partial charge in [-0.25, -0.2) is 4.79 Å². The molecule has 4 rings (SSSR count). The third-order valence-corrected chi connectivity index (χ3v) is 6.64. The quantitative estimate of drug-likeness (QED) is 0.253. The number of carboxylic acid groups (broad SMARTS) is 1. The molecule has 0 saturated carbocycles. The molecule has 2 heterocycles. The molecule has 4 aromatic rings. The number of nitrogens with zero attached hydrogens (tertiary/aromatic N) is 2. The van der Waals surface area contributed by atoms with Gasteiger partial charge in [-0.2, -0.15) is 0 Å². The molecule has 3 amide bonds. The maximum atomic E-state index is 13.0. The van der Waals surface area contributed by atoms with Crippen molar-refractivity contribution in [1.29, 1.82) is 0 Å². The Morgan fingerprint density at radius 3 is 2.49 bits per heavy atom. The zero-order chi connectivity index (χ0) is 26.4. The largest absolute Gasteiger partial charge is 0.465 e.